The molecule has 0 amide bonds. The van der Waals surface area contributed by atoms with E-state index in [9.17, 15) is 0 Å². The Morgan fingerprint density at radius 2 is 1.28 bits per heavy atom. The van der Waals surface area contributed by atoms with Gasteiger partial charge in [0, 0.05) is 6.04 Å². The second-order valence-electron chi connectivity index (χ2n) is 6.22. The molecule has 4 N–H and O–H groups in total. The highest BCUT2D eigenvalue weighted by Gasteiger charge is 2.36. The van der Waals surface area contributed by atoms with E-state index in [1.807, 2.05) is 84.9 Å². The van der Waals surface area contributed by atoms with Crippen molar-refractivity contribution in [2.24, 2.45) is 11.5 Å². The number of para-hydroxylation sites is 1. The lowest BCUT2D eigenvalue weighted by Gasteiger charge is -2.37. The predicted molar refractivity (Wildman–Crippen MR) is 103 cm³/mol. The predicted octanol–water partition coefficient (Wildman–Crippen LogP) is 3.47. The van der Waals surface area contributed by atoms with Gasteiger partial charge in [-0.15, -0.1) is 0 Å². The van der Waals surface area contributed by atoms with Gasteiger partial charge >= 0.3 is 0 Å². The van der Waals surface area contributed by atoms with E-state index in [0.29, 0.717) is 6.42 Å². The van der Waals surface area contributed by atoms with Crippen molar-refractivity contribution in [3.05, 3.63) is 102 Å². The van der Waals surface area contributed by atoms with E-state index >= 15 is 0 Å². The van der Waals surface area contributed by atoms with Crippen LogP contribution in [-0.4, -0.2) is 13.2 Å². The number of hydrogen-bond acceptors (Lipinski definition) is 3. The molecule has 0 saturated heterocycles. The number of benzene rings is 3. The largest absolute Gasteiger partial charge is 0.496 e. The van der Waals surface area contributed by atoms with Crippen LogP contribution in [0.5, 0.6) is 5.75 Å². The third kappa shape index (κ3) is 3.43. The van der Waals surface area contributed by atoms with Crippen LogP contribution in [0.4, 0.5) is 0 Å². The molecule has 128 valence electrons. The van der Waals surface area contributed by atoms with Crippen LogP contribution in [0.15, 0.2) is 84.9 Å². The molecule has 0 saturated carbocycles. The van der Waals surface area contributed by atoms with Crippen LogP contribution >= 0.6 is 0 Å². The van der Waals surface area contributed by atoms with Crippen molar-refractivity contribution >= 4 is 0 Å². The number of rotatable bonds is 6. The normalized spacial score (nSPS) is 12.6. The number of hydrogen-bond donors (Lipinski definition) is 2. The molecule has 0 aliphatic rings. The maximum Gasteiger partial charge on any atom is 0.122 e. The van der Waals surface area contributed by atoms with Crippen LogP contribution in [0.25, 0.3) is 0 Å². The lowest BCUT2D eigenvalue weighted by Crippen LogP contribution is -2.54. The molecule has 3 rings (SSSR count). The number of ether oxygens (including phenoxy) is 1. The van der Waals surface area contributed by atoms with Crippen LogP contribution < -0.4 is 16.2 Å². The SMILES string of the molecule is COc1ccccc1CC(N)C(N)(c1ccccc1)c1ccccc1. The third-order valence-electron chi connectivity index (χ3n) is 4.72. The van der Waals surface area contributed by atoms with Crippen molar-refractivity contribution in [2.75, 3.05) is 7.11 Å². The van der Waals surface area contributed by atoms with E-state index in [4.69, 9.17) is 16.2 Å². The number of nitrogens with two attached hydrogens (primary N) is 2. The average molecular weight is 332 g/mol. The fourth-order valence-electron chi connectivity index (χ4n) is 3.29. The minimum Gasteiger partial charge on any atom is -0.496 e. The summed E-state index contributed by atoms with van der Waals surface area (Å²) in [4.78, 5) is 0. The minimum atomic E-state index is -0.788. The third-order valence-corrected chi connectivity index (χ3v) is 4.72. The topological polar surface area (TPSA) is 61.3 Å². The van der Waals surface area contributed by atoms with Gasteiger partial charge in [0.25, 0.3) is 0 Å². The highest BCUT2D eigenvalue weighted by molar-refractivity contribution is 5.42. The average Bonchev–Trinajstić information content (AvgIpc) is 2.69. The van der Waals surface area contributed by atoms with E-state index in [-0.39, 0.29) is 6.04 Å². The summed E-state index contributed by atoms with van der Waals surface area (Å²) in [6.07, 6.45) is 0.615. The first-order valence-electron chi connectivity index (χ1n) is 8.43. The molecule has 0 radical (unpaired) electrons. The second-order valence-corrected chi connectivity index (χ2v) is 6.22. The molecular weight excluding hydrogens is 308 g/mol. The van der Waals surface area contributed by atoms with E-state index in [1.165, 1.54) is 0 Å². The highest BCUT2D eigenvalue weighted by atomic mass is 16.5. The fraction of sp³-hybridized carbons (Fsp3) is 0.182. The van der Waals surface area contributed by atoms with Crippen molar-refractivity contribution < 1.29 is 4.74 Å². The first kappa shape index (κ1) is 17.2. The van der Waals surface area contributed by atoms with E-state index in [2.05, 4.69) is 0 Å². The Bertz CT molecular complexity index is 763. The van der Waals surface area contributed by atoms with Gasteiger partial charge in [-0.2, -0.15) is 0 Å². The van der Waals surface area contributed by atoms with E-state index in [0.717, 1.165) is 22.4 Å². The van der Waals surface area contributed by atoms with Crippen LogP contribution in [0.3, 0.4) is 0 Å². The Morgan fingerprint density at radius 3 is 1.80 bits per heavy atom. The first-order valence-corrected chi connectivity index (χ1v) is 8.43. The van der Waals surface area contributed by atoms with E-state index < -0.39 is 5.54 Å². The second kappa shape index (κ2) is 7.51. The van der Waals surface area contributed by atoms with Crippen molar-refractivity contribution in [3.8, 4) is 5.75 Å². The molecule has 0 aromatic heterocycles. The van der Waals surface area contributed by atoms with Gasteiger partial charge in [0.2, 0.25) is 0 Å². The Hall–Kier alpha value is -2.62. The molecule has 0 spiro atoms. The molecule has 0 bridgehead atoms. The minimum absolute atomic E-state index is 0.311. The molecule has 0 aliphatic heterocycles. The zero-order chi connectivity index (χ0) is 17.7. The zero-order valence-corrected chi connectivity index (χ0v) is 14.4. The van der Waals surface area contributed by atoms with Gasteiger partial charge in [-0.05, 0) is 29.2 Å². The quantitative estimate of drug-likeness (QED) is 0.726. The molecule has 0 heterocycles. The first-order chi connectivity index (χ1) is 12.2. The van der Waals surface area contributed by atoms with Crippen LogP contribution in [0.1, 0.15) is 16.7 Å². The zero-order valence-electron chi connectivity index (χ0n) is 14.4. The molecular formula is C22H24N2O. The molecule has 0 fully saturated rings. The lowest BCUT2D eigenvalue weighted by molar-refractivity contribution is 0.390. The van der Waals surface area contributed by atoms with Crippen molar-refractivity contribution in [3.63, 3.8) is 0 Å². The molecule has 3 aromatic carbocycles. The molecule has 1 unspecified atom stereocenters. The summed E-state index contributed by atoms with van der Waals surface area (Å²) in [6, 6.07) is 27.7. The Balaban J connectivity index is 2.03. The standard InChI is InChI=1S/C22H24N2O/c1-25-20-15-9-8-10-17(20)16-21(23)22(24,18-11-4-2-5-12-18)19-13-6-3-7-14-19/h2-15,21H,16,23-24H2,1H3. The summed E-state index contributed by atoms with van der Waals surface area (Å²) in [5.41, 5.74) is 15.9. The summed E-state index contributed by atoms with van der Waals surface area (Å²) in [5, 5.41) is 0. The van der Waals surface area contributed by atoms with Gasteiger partial charge in [0.1, 0.15) is 5.75 Å². The van der Waals surface area contributed by atoms with Crippen molar-refractivity contribution in [2.45, 2.75) is 18.0 Å². The van der Waals surface area contributed by atoms with Crippen molar-refractivity contribution in [1.82, 2.24) is 0 Å². The van der Waals surface area contributed by atoms with Gasteiger partial charge in [0.05, 0.1) is 12.6 Å². The Labute approximate surface area is 149 Å². The van der Waals surface area contributed by atoms with Gasteiger partial charge < -0.3 is 16.2 Å². The summed E-state index contributed by atoms with van der Waals surface area (Å²) >= 11 is 0. The van der Waals surface area contributed by atoms with Gasteiger partial charge in [-0.1, -0.05) is 78.9 Å². The summed E-state index contributed by atoms with van der Waals surface area (Å²) in [7, 11) is 1.68. The summed E-state index contributed by atoms with van der Waals surface area (Å²) < 4.78 is 5.47. The van der Waals surface area contributed by atoms with Gasteiger partial charge in [-0.25, -0.2) is 0 Å². The summed E-state index contributed by atoms with van der Waals surface area (Å²) in [6.45, 7) is 0. The Morgan fingerprint density at radius 1 is 0.800 bits per heavy atom. The van der Waals surface area contributed by atoms with E-state index in [1.54, 1.807) is 7.11 Å². The molecule has 3 aromatic rings. The van der Waals surface area contributed by atoms with Crippen LogP contribution in [0.2, 0.25) is 0 Å². The fourth-order valence-corrected chi connectivity index (χ4v) is 3.29. The maximum absolute atomic E-state index is 6.96. The molecule has 1 atom stereocenters. The van der Waals surface area contributed by atoms with Gasteiger partial charge in [-0.3, -0.25) is 0 Å². The Kier molecular flexibility index (Phi) is 5.17. The van der Waals surface area contributed by atoms with Crippen LogP contribution in [-0.2, 0) is 12.0 Å². The molecule has 3 heteroatoms. The molecule has 3 nitrogen and oxygen atoms in total. The molecule has 25 heavy (non-hydrogen) atoms. The highest BCUT2D eigenvalue weighted by Crippen LogP contribution is 2.32. The summed E-state index contributed by atoms with van der Waals surface area (Å²) in [5.74, 6) is 0.835. The lowest BCUT2D eigenvalue weighted by atomic mass is 9.76. The van der Waals surface area contributed by atoms with Crippen molar-refractivity contribution in [1.29, 1.82) is 0 Å². The monoisotopic (exact) mass is 332 g/mol. The smallest absolute Gasteiger partial charge is 0.122 e. The number of methoxy groups -OCH3 is 1. The van der Waals surface area contributed by atoms with Crippen LogP contribution in [0, 0.1) is 0 Å². The maximum atomic E-state index is 6.96. The van der Waals surface area contributed by atoms with Gasteiger partial charge in [0.15, 0.2) is 0 Å². The molecule has 0 aliphatic carbocycles.